The van der Waals surface area contributed by atoms with Crippen LogP contribution in [0, 0.1) is 11.6 Å². The summed E-state index contributed by atoms with van der Waals surface area (Å²) in [5.74, 6) is 4.11. The van der Waals surface area contributed by atoms with E-state index in [1.807, 2.05) is 0 Å². The third-order valence-corrected chi connectivity index (χ3v) is 4.76. The zero-order chi connectivity index (χ0) is 18.7. The molecule has 0 unspecified atom stereocenters. The van der Waals surface area contributed by atoms with E-state index in [0.717, 1.165) is 17.8 Å². The molecule has 0 saturated carbocycles. The van der Waals surface area contributed by atoms with Crippen molar-refractivity contribution in [1.82, 2.24) is 19.9 Å². The van der Waals surface area contributed by atoms with Crippen LogP contribution < -0.4 is 11.2 Å². The second-order valence-electron chi connectivity index (χ2n) is 5.00. The Morgan fingerprint density at radius 1 is 1.35 bits per heavy atom. The van der Waals surface area contributed by atoms with E-state index in [9.17, 15) is 13.6 Å². The molecule has 3 rings (SSSR count). The Morgan fingerprint density at radius 3 is 2.85 bits per heavy atom. The number of anilines is 1. The molecule has 3 N–H and O–H groups in total. The fourth-order valence-corrected chi connectivity index (χ4v) is 3.20. The minimum absolute atomic E-state index is 0.0916. The summed E-state index contributed by atoms with van der Waals surface area (Å²) >= 11 is 4.03. The molecule has 0 radical (unpaired) electrons. The molecule has 7 nitrogen and oxygen atoms in total. The molecule has 0 atom stereocenters. The van der Waals surface area contributed by atoms with Crippen LogP contribution in [0.5, 0.6) is 0 Å². The highest BCUT2D eigenvalue weighted by Crippen LogP contribution is 2.27. The van der Waals surface area contributed by atoms with Crippen LogP contribution in [0.15, 0.2) is 46.3 Å². The first-order chi connectivity index (χ1) is 12.5. The highest BCUT2D eigenvalue weighted by Gasteiger charge is 2.16. The number of aromatic nitrogens is 4. The Labute approximate surface area is 159 Å². The minimum atomic E-state index is -0.879. The molecule has 0 aliphatic carbocycles. The van der Waals surface area contributed by atoms with Gasteiger partial charge in [-0.05, 0) is 34.1 Å². The van der Waals surface area contributed by atoms with Crippen LogP contribution in [-0.4, -0.2) is 31.5 Å². The second-order valence-corrected chi connectivity index (χ2v) is 6.80. The number of pyridine rings is 1. The molecule has 1 aromatic carbocycles. The molecular formula is C15H11BrF2N6OS. The van der Waals surface area contributed by atoms with Crippen LogP contribution in [0.25, 0.3) is 11.4 Å². The van der Waals surface area contributed by atoms with E-state index in [0.29, 0.717) is 22.6 Å². The van der Waals surface area contributed by atoms with Gasteiger partial charge < -0.3 is 11.2 Å². The largest absolute Gasteiger partial charge is 0.335 e. The van der Waals surface area contributed by atoms with E-state index in [4.69, 9.17) is 5.84 Å². The summed E-state index contributed by atoms with van der Waals surface area (Å²) in [6.45, 7) is 0. The molecule has 0 aliphatic heterocycles. The zero-order valence-corrected chi connectivity index (χ0v) is 15.4. The number of hydrogen-bond donors (Lipinski definition) is 2. The summed E-state index contributed by atoms with van der Waals surface area (Å²) in [5, 5.41) is 10.6. The van der Waals surface area contributed by atoms with Crippen LogP contribution in [0.1, 0.15) is 0 Å². The lowest BCUT2D eigenvalue weighted by molar-refractivity contribution is -0.113. The van der Waals surface area contributed by atoms with Gasteiger partial charge in [0.2, 0.25) is 11.1 Å². The fourth-order valence-electron chi connectivity index (χ4n) is 2.03. The molecule has 11 heteroatoms. The standard InChI is InChI=1S/C15H11BrF2N6OS/c16-10-4-9(17)5-11(18)13(10)21-12(25)7-26-15-23-22-14(24(15)19)8-2-1-3-20-6-8/h1-6H,7,19H2,(H,21,25). The Balaban J connectivity index is 1.67. The number of rotatable bonds is 5. The van der Waals surface area contributed by atoms with Gasteiger partial charge in [-0.2, -0.15) is 0 Å². The van der Waals surface area contributed by atoms with Crippen LogP contribution >= 0.6 is 27.7 Å². The lowest BCUT2D eigenvalue weighted by atomic mass is 10.3. The first-order valence-corrected chi connectivity index (χ1v) is 8.91. The van der Waals surface area contributed by atoms with Gasteiger partial charge in [-0.3, -0.25) is 9.78 Å². The van der Waals surface area contributed by atoms with Crippen molar-refractivity contribution in [3.8, 4) is 11.4 Å². The predicted octanol–water partition coefficient (Wildman–Crippen LogP) is 2.83. The summed E-state index contributed by atoms with van der Waals surface area (Å²) in [4.78, 5) is 16.0. The summed E-state index contributed by atoms with van der Waals surface area (Å²) in [6.07, 6.45) is 3.21. The maximum Gasteiger partial charge on any atom is 0.234 e. The first kappa shape index (κ1) is 18.3. The van der Waals surface area contributed by atoms with Crippen LogP contribution in [0.3, 0.4) is 0 Å². The smallest absolute Gasteiger partial charge is 0.234 e. The van der Waals surface area contributed by atoms with Crippen LogP contribution in [0.2, 0.25) is 0 Å². The Kier molecular flexibility index (Phi) is 5.47. The van der Waals surface area contributed by atoms with Crippen molar-refractivity contribution in [3.05, 3.63) is 52.8 Å². The number of benzene rings is 1. The third-order valence-electron chi connectivity index (χ3n) is 3.19. The zero-order valence-electron chi connectivity index (χ0n) is 13.0. The van der Waals surface area contributed by atoms with Gasteiger partial charge in [0.15, 0.2) is 11.6 Å². The van der Waals surface area contributed by atoms with Crippen molar-refractivity contribution in [2.24, 2.45) is 0 Å². The molecule has 0 spiro atoms. The van der Waals surface area contributed by atoms with E-state index in [-0.39, 0.29) is 15.9 Å². The number of carbonyl (C=O) groups excluding carboxylic acids is 1. The van der Waals surface area contributed by atoms with Crippen molar-refractivity contribution in [2.45, 2.75) is 5.16 Å². The van der Waals surface area contributed by atoms with Crippen molar-refractivity contribution < 1.29 is 13.6 Å². The van der Waals surface area contributed by atoms with Crippen molar-refractivity contribution >= 4 is 39.3 Å². The molecule has 2 heterocycles. The van der Waals surface area contributed by atoms with Crippen molar-refractivity contribution in [2.75, 3.05) is 16.9 Å². The van der Waals surface area contributed by atoms with Crippen LogP contribution in [-0.2, 0) is 4.79 Å². The highest BCUT2D eigenvalue weighted by atomic mass is 79.9. The highest BCUT2D eigenvalue weighted by molar-refractivity contribution is 9.10. The second kappa shape index (κ2) is 7.79. The normalized spacial score (nSPS) is 10.7. The number of halogens is 3. The summed E-state index contributed by atoms with van der Waals surface area (Å²) < 4.78 is 28.2. The molecule has 26 heavy (non-hydrogen) atoms. The molecule has 0 saturated heterocycles. The number of carbonyl (C=O) groups is 1. The molecule has 1 amide bonds. The quantitative estimate of drug-likeness (QED) is 0.467. The van der Waals surface area contributed by atoms with Gasteiger partial charge in [0, 0.05) is 28.5 Å². The number of nitrogen functional groups attached to an aromatic ring is 1. The van der Waals surface area contributed by atoms with Gasteiger partial charge >= 0.3 is 0 Å². The summed E-state index contributed by atoms with van der Waals surface area (Å²) in [7, 11) is 0. The molecule has 0 bridgehead atoms. The Bertz CT molecular complexity index is 930. The molecule has 0 aliphatic rings. The van der Waals surface area contributed by atoms with Crippen LogP contribution in [0.4, 0.5) is 14.5 Å². The SMILES string of the molecule is Nn1c(SCC(=O)Nc2c(F)cc(F)cc2Br)nnc1-c1cccnc1. The lowest BCUT2D eigenvalue weighted by Crippen LogP contribution is -2.17. The molecule has 2 aromatic heterocycles. The van der Waals surface area contributed by atoms with E-state index >= 15 is 0 Å². The average Bonchev–Trinajstić information content (AvgIpc) is 2.98. The maximum absolute atomic E-state index is 13.7. The number of thioether (sulfide) groups is 1. The Hall–Kier alpha value is -2.53. The topological polar surface area (TPSA) is 98.7 Å². The number of nitrogens with one attached hydrogen (secondary N) is 1. The number of nitrogens with two attached hydrogens (primary N) is 1. The van der Waals surface area contributed by atoms with Gasteiger partial charge in [0.25, 0.3) is 0 Å². The lowest BCUT2D eigenvalue weighted by Gasteiger charge is -2.08. The number of hydrogen-bond acceptors (Lipinski definition) is 6. The van der Waals surface area contributed by atoms with E-state index < -0.39 is 17.5 Å². The Morgan fingerprint density at radius 2 is 2.15 bits per heavy atom. The summed E-state index contributed by atoms with van der Waals surface area (Å²) in [6, 6.07) is 5.25. The van der Waals surface area contributed by atoms with Crippen molar-refractivity contribution in [1.29, 1.82) is 0 Å². The van der Waals surface area contributed by atoms with Gasteiger partial charge in [-0.25, -0.2) is 13.5 Å². The van der Waals surface area contributed by atoms with Gasteiger partial charge in [-0.1, -0.05) is 11.8 Å². The average molecular weight is 441 g/mol. The first-order valence-electron chi connectivity index (χ1n) is 7.14. The summed E-state index contributed by atoms with van der Waals surface area (Å²) in [5.41, 5.74) is 0.540. The maximum atomic E-state index is 13.7. The van der Waals surface area contributed by atoms with Gasteiger partial charge in [-0.15, -0.1) is 10.2 Å². The third kappa shape index (κ3) is 3.99. The van der Waals surface area contributed by atoms with E-state index in [1.54, 1.807) is 24.5 Å². The molecular weight excluding hydrogens is 430 g/mol. The van der Waals surface area contributed by atoms with Gasteiger partial charge in [0.05, 0.1) is 11.4 Å². The van der Waals surface area contributed by atoms with E-state index in [1.165, 1.54) is 4.68 Å². The minimum Gasteiger partial charge on any atom is -0.335 e. The van der Waals surface area contributed by atoms with E-state index in [2.05, 4.69) is 36.4 Å². The number of nitrogens with zero attached hydrogens (tertiary/aromatic N) is 4. The molecule has 3 aromatic rings. The fraction of sp³-hybridized carbons (Fsp3) is 0.0667. The van der Waals surface area contributed by atoms with Crippen molar-refractivity contribution in [3.63, 3.8) is 0 Å². The predicted molar refractivity (Wildman–Crippen MR) is 96.8 cm³/mol. The number of amides is 1. The van der Waals surface area contributed by atoms with Gasteiger partial charge in [0.1, 0.15) is 5.82 Å². The molecule has 0 fully saturated rings. The molecule has 134 valence electrons. The monoisotopic (exact) mass is 440 g/mol.